The van der Waals surface area contributed by atoms with Crippen LogP contribution in [-0.4, -0.2) is 25.3 Å². The second-order valence-electron chi connectivity index (χ2n) is 3.68. The first kappa shape index (κ1) is 9.92. The van der Waals surface area contributed by atoms with Crippen molar-refractivity contribution >= 4 is 0 Å². The molecule has 0 aliphatic rings. The molecule has 0 radical (unpaired) electrons. The molecular formula is C8H19NO. The van der Waals surface area contributed by atoms with E-state index < -0.39 is 0 Å². The minimum Gasteiger partial charge on any atom is -0.380 e. The van der Waals surface area contributed by atoms with E-state index in [4.69, 9.17) is 4.74 Å². The third-order valence-corrected chi connectivity index (χ3v) is 1.32. The number of hydrogen-bond acceptors (Lipinski definition) is 2. The van der Waals surface area contributed by atoms with Crippen molar-refractivity contribution in [1.29, 1.82) is 0 Å². The van der Waals surface area contributed by atoms with Crippen LogP contribution in [0.25, 0.3) is 0 Å². The zero-order valence-corrected chi connectivity index (χ0v) is 7.69. The Balaban J connectivity index is 3.36. The molecule has 0 spiro atoms. The maximum atomic E-state index is 5.08. The van der Waals surface area contributed by atoms with E-state index in [9.17, 15) is 0 Å². The molecule has 2 nitrogen and oxygen atoms in total. The van der Waals surface area contributed by atoms with Crippen LogP contribution in [0.3, 0.4) is 0 Å². The summed E-state index contributed by atoms with van der Waals surface area (Å²) in [7, 11) is 1.73. The molecule has 0 bridgehead atoms. The molecule has 0 heterocycles. The standard InChI is InChI=1S/C8H19NO/c1-7(10-5)6-9-8(2,3)4/h7,9H,6H2,1-5H3/t7-/m1/s1. The van der Waals surface area contributed by atoms with E-state index in [1.54, 1.807) is 7.11 Å². The van der Waals surface area contributed by atoms with Crippen molar-refractivity contribution in [3.05, 3.63) is 0 Å². The van der Waals surface area contributed by atoms with Gasteiger partial charge in [-0.3, -0.25) is 0 Å². The third kappa shape index (κ3) is 6.05. The molecule has 0 aliphatic heterocycles. The van der Waals surface area contributed by atoms with Gasteiger partial charge in [-0.1, -0.05) is 0 Å². The van der Waals surface area contributed by atoms with Gasteiger partial charge < -0.3 is 10.1 Å². The summed E-state index contributed by atoms with van der Waals surface area (Å²) < 4.78 is 5.08. The van der Waals surface area contributed by atoms with Crippen LogP contribution in [0.5, 0.6) is 0 Å². The first-order valence-corrected chi connectivity index (χ1v) is 3.73. The van der Waals surface area contributed by atoms with E-state index in [1.807, 2.05) is 0 Å². The fraction of sp³-hybridized carbons (Fsp3) is 1.00. The lowest BCUT2D eigenvalue weighted by Crippen LogP contribution is -2.40. The van der Waals surface area contributed by atoms with Crippen molar-refractivity contribution in [2.45, 2.75) is 39.3 Å². The van der Waals surface area contributed by atoms with Gasteiger partial charge in [0.15, 0.2) is 0 Å². The van der Waals surface area contributed by atoms with Gasteiger partial charge in [0, 0.05) is 19.2 Å². The largest absolute Gasteiger partial charge is 0.380 e. The Bertz CT molecular complexity index is 85.7. The van der Waals surface area contributed by atoms with Crippen molar-refractivity contribution in [1.82, 2.24) is 5.32 Å². The molecule has 0 aromatic rings. The van der Waals surface area contributed by atoms with Gasteiger partial charge in [-0.15, -0.1) is 0 Å². The quantitative estimate of drug-likeness (QED) is 0.648. The van der Waals surface area contributed by atoms with E-state index >= 15 is 0 Å². The molecule has 1 atom stereocenters. The average Bonchev–Trinajstić information content (AvgIpc) is 1.81. The second kappa shape index (κ2) is 3.94. The highest BCUT2D eigenvalue weighted by Gasteiger charge is 2.09. The molecule has 2 heteroatoms. The van der Waals surface area contributed by atoms with Gasteiger partial charge in [0.25, 0.3) is 0 Å². The molecule has 0 unspecified atom stereocenters. The van der Waals surface area contributed by atoms with Crippen LogP contribution < -0.4 is 5.32 Å². The Morgan fingerprint density at radius 2 is 1.90 bits per heavy atom. The number of methoxy groups -OCH3 is 1. The molecule has 0 saturated carbocycles. The lowest BCUT2D eigenvalue weighted by Gasteiger charge is -2.22. The molecule has 1 N–H and O–H groups in total. The predicted octanol–water partition coefficient (Wildman–Crippen LogP) is 1.41. The van der Waals surface area contributed by atoms with Crippen LogP contribution in [-0.2, 0) is 4.74 Å². The smallest absolute Gasteiger partial charge is 0.0667 e. The van der Waals surface area contributed by atoms with Crippen LogP contribution >= 0.6 is 0 Å². The van der Waals surface area contributed by atoms with E-state index in [0.717, 1.165) is 6.54 Å². The van der Waals surface area contributed by atoms with Crippen LogP contribution in [0.1, 0.15) is 27.7 Å². The Hall–Kier alpha value is -0.0800. The Morgan fingerprint density at radius 3 is 2.20 bits per heavy atom. The van der Waals surface area contributed by atoms with Gasteiger partial charge in [-0.25, -0.2) is 0 Å². The summed E-state index contributed by atoms with van der Waals surface area (Å²) in [6.07, 6.45) is 0.305. The first-order chi connectivity index (χ1) is 4.45. The van der Waals surface area contributed by atoms with Gasteiger partial charge in [0.1, 0.15) is 0 Å². The summed E-state index contributed by atoms with van der Waals surface area (Å²) in [6, 6.07) is 0. The normalized spacial score (nSPS) is 15.3. The summed E-state index contributed by atoms with van der Waals surface area (Å²) >= 11 is 0. The van der Waals surface area contributed by atoms with Gasteiger partial charge in [0.05, 0.1) is 6.10 Å². The van der Waals surface area contributed by atoms with Gasteiger partial charge >= 0.3 is 0 Å². The van der Waals surface area contributed by atoms with Crippen LogP contribution in [0.15, 0.2) is 0 Å². The van der Waals surface area contributed by atoms with E-state index in [1.165, 1.54) is 0 Å². The lowest BCUT2D eigenvalue weighted by atomic mass is 10.1. The minimum atomic E-state index is 0.201. The summed E-state index contributed by atoms with van der Waals surface area (Å²) in [4.78, 5) is 0. The topological polar surface area (TPSA) is 21.3 Å². The molecule has 0 aromatic carbocycles. The first-order valence-electron chi connectivity index (χ1n) is 3.73. The molecule has 0 fully saturated rings. The molecule has 0 aromatic heterocycles. The summed E-state index contributed by atoms with van der Waals surface area (Å²) in [5.41, 5.74) is 0.201. The van der Waals surface area contributed by atoms with Crippen molar-refractivity contribution in [3.63, 3.8) is 0 Å². The van der Waals surface area contributed by atoms with Gasteiger partial charge in [-0.05, 0) is 27.7 Å². The monoisotopic (exact) mass is 145 g/mol. The van der Waals surface area contributed by atoms with Gasteiger partial charge in [0.2, 0.25) is 0 Å². The number of nitrogens with one attached hydrogen (secondary N) is 1. The predicted molar refractivity (Wildman–Crippen MR) is 44.2 cm³/mol. The SMILES string of the molecule is CO[C@H](C)CNC(C)(C)C. The van der Waals surface area contributed by atoms with Crippen molar-refractivity contribution in [2.24, 2.45) is 0 Å². The number of rotatable bonds is 3. The fourth-order valence-corrected chi connectivity index (χ4v) is 0.533. The molecule has 62 valence electrons. The zero-order valence-electron chi connectivity index (χ0n) is 7.69. The number of hydrogen-bond donors (Lipinski definition) is 1. The van der Waals surface area contributed by atoms with Crippen molar-refractivity contribution in [2.75, 3.05) is 13.7 Å². The molecule has 0 aliphatic carbocycles. The second-order valence-corrected chi connectivity index (χ2v) is 3.68. The molecule has 0 amide bonds. The molecule has 10 heavy (non-hydrogen) atoms. The highest BCUT2D eigenvalue weighted by atomic mass is 16.5. The van der Waals surface area contributed by atoms with Crippen LogP contribution in [0.4, 0.5) is 0 Å². The van der Waals surface area contributed by atoms with Crippen molar-refractivity contribution < 1.29 is 4.74 Å². The Morgan fingerprint density at radius 1 is 1.40 bits per heavy atom. The Kier molecular flexibility index (Phi) is 3.91. The third-order valence-electron chi connectivity index (χ3n) is 1.32. The highest BCUT2D eigenvalue weighted by Crippen LogP contribution is 1.98. The van der Waals surface area contributed by atoms with Gasteiger partial charge in [-0.2, -0.15) is 0 Å². The van der Waals surface area contributed by atoms with Crippen LogP contribution in [0.2, 0.25) is 0 Å². The van der Waals surface area contributed by atoms with E-state index in [0.29, 0.717) is 6.10 Å². The zero-order chi connectivity index (χ0) is 8.20. The number of ether oxygens (including phenoxy) is 1. The summed E-state index contributed by atoms with van der Waals surface area (Å²) in [5, 5.41) is 3.35. The Labute approximate surface area is 64.0 Å². The fourth-order valence-electron chi connectivity index (χ4n) is 0.533. The summed E-state index contributed by atoms with van der Waals surface area (Å²) in [5.74, 6) is 0. The molecule has 0 saturated heterocycles. The lowest BCUT2D eigenvalue weighted by molar-refractivity contribution is 0.110. The highest BCUT2D eigenvalue weighted by molar-refractivity contribution is 4.71. The van der Waals surface area contributed by atoms with Crippen molar-refractivity contribution in [3.8, 4) is 0 Å². The summed E-state index contributed by atoms with van der Waals surface area (Å²) in [6.45, 7) is 9.42. The maximum absolute atomic E-state index is 5.08. The van der Waals surface area contributed by atoms with Crippen LogP contribution in [0, 0.1) is 0 Å². The van der Waals surface area contributed by atoms with E-state index in [2.05, 4.69) is 33.0 Å². The maximum Gasteiger partial charge on any atom is 0.0667 e. The average molecular weight is 145 g/mol. The molecular weight excluding hydrogens is 126 g/mol. The minimum absolute atomic E-state index is 0.201. The van der Waals surface area contributed by atoms with E-state index in [-0.39, 0.29) is 5.54 Å². The molecule has 0 rings (SSSR count).